The van der Waals surface area contributed by atoms with Gasteiger partial charge in [0.15, 0.2) is 0 Å². The van der Waals surface area contributed by atoms with Crippen LogP contribution in [0, 0.1) is 6.92 Å². The molecule has 0 bridgehead atoms. The Labute approximate surface area is 123 Å². The van der Waals surface area contributed by atoms with E-state index in [-0.39, 0.29) is 25.1 Å². The molecule has 0 spiro atoms. The van der Waals surface area contributed by atoms with Gasteiger partial charge in [0.1, 0.15) is 0 Å². The highest BCUT2D eigenvalue weighted by Crippen LogP contribution is 2.28. The van der Waals surface area contributed by atoms with Gasteiger partial charge in [-0.25, -0.2) is 0 Å². The van der Waals surface area contributed by atoms with Gasteiger partial charge in [0.05, 0.1) is 12.6 Å². The molecule has 0 unspecified atom stereocenters. The second-order valence-corrected chi connectivity index (χ2v) is 5.36. The molecule has 5 heteroatoms. The lowest BCUT2D eigenvalue weighted by atomic mass is 10.0. The fraction of sp³-hybridized carbons (Fsp3) is 0.538. The van der Waals surface area contributed by atoms with Crippen LogP contribution < -0.4 is 5.32 Å². The van der Waals surface area contributed by atoms with E-state index in [0.717, 1.165) is 30.7 Å². The predicted octanol–water partition coefficient (Wildman–Crippen LogP) is 2.12. The number of hydrogen-bond acceptors (Lipinski definition) is 3. The number of halogens is 2. The molecule has 1 heterocycles. The molecule has 0 aromatic heterocycles. The lowest BCUT2D eigenvalue weighted by Gasteiger charge is -2.34. The van der Waals surface area contributed by atoms with Gasteiger partial charge in [-0.1, -0.05) is 28.1 Å². The summed E-state index contributed by atoms with van der Waals surface area (Å²) in [6.45, 7) is 6.23. The van der Waals surface area contributed by atoms with Crippen LogP contribution in [0.15, 0.2) is 22.7 Å². The fourth-order valence-corrected chi connectivity index (χ4v) is 3.06. The van der Waals surface area contributed by atoms with Gasteiger partial charge in [-0.05, 0) is 24.1 Å². The van der Waals surface area contributed by atoms with Crippen molar-refractivity contribution in [1.82, 2.24) is 10.2 Å². The minimum Gasteiger partial charge on any atom is -0.394 e. The number of aryl methyl sites for hydroxylation is 1. The molecule has 1 atom stereocenters. The van der Waals surface area contributed by atoms with Gasteiger partial charge < -0.3 is 10.4 Å². The number of benzene rings is 1. The summed E-state index contributed by atoms with van der Waals surface area (Å²) in [5.74, 6) is 0. The summed E-state index contributed by atoms with van der Waals surface area (Å²) in [5.41, 5.74) is 2.41. The Balaban J connectivity index is 0.00000162. The number of rotatable bonds is 3. The minimum atomic E-state index is 0. The number of aliphatic hydroxyl groups excluding tert-OH is 1. The largest absolute Gasteiger partial charge is 0.394 e. The van der Waals surface area contributed by atoms with Crippen molar-refractivity contribution in [2.24, 2.45) is 0 Å². The quantitative estimate of drug-likeness (QED) is 0.888. The molecule has 0 aliphatic carbocycles. The normalized spacial score (nSPS) is 18.2. The zero-order chi connectivity index (χ0) is 12.3. The Bertz CT molecular complexity index is 383. The summed E-state index contributed by atoms with van der Waals surface area (Å²) in [6, 6.07) is 6.43. The smallest absolute Gasteiger partial charge is 0.0629 e. The van der Waals surface area contributed by atoms with E-state index in [1.165, 1.54) is 11.1 Å². The summed E-state index contributed by atoms with van der Waals surface area (Å²) in [7, 11) is 0. The SMILES string of the molecule is Cc1ccc([C@H](CO)N2CCNCC2)c(Br)c1.Cl. The Morgan fingerprint density at radius 2 is 2.06 bits per heavy atom. The van der Waals surface area contributed by atoms with Crippen LogP contribution in [0.5, 0.6) is 0 Å². The molecule has 2 N–H and O–H groups in total. The van der Waals surface area contributed by atoms with Crippen molar-refractivity contribution in [1.29, 1.82) is 0 Å². The number of aliphatic hydroxyl groups is 1. The molecule has 18 heavy (non-hydrogen) atoms. The molecule has 0 amide bonds. The van der Waals surface area contributed by atoms with Crippen LogP contribution in [-0.4, -0.2) is 42.8 Å². The summed E-state index contributed by atoms with van der Waals surface area (Å²) in [6.07, 6.45) is 0. The van der Waals surface area contributed by atoms with E-state index < -0.39 is 0 Å². The average Bonchev–Trinajstić information content (AvgIpc) is 2.34. The Kier molecular flexibility index (Phi) is 6.60. The first-order valence-electron chi connectivity index (χ1n) is 6.04. The maximum Gasteiger partial charge on any atom is 0.0629 e. The Morgan fingerprint density at radius 3 is 2.61 bits per heavy atom. The zero-order valence-electron chi connectivity index (χ0n) is 10.5. The van der Waals surface area contributed by atoms with E-state index in [2.05, 4.69) is 51.3 Å². The predicted molar refractivity (Wildman–Crippen MR) is 80.4 cm³/mol. The minimum absolute atomic E-state index is 0. The van der Waals surface area contributed by atoms with Gasteiger partial charge in [0, 0.05) is 30.7 Å². The zero-order valence-corrected chi connectivity index (χ0v) is 12.9. The van der Waals surface area contributed by atoms with Crippen LogP contribution in [-0.2, 0) is 0 Å². The summed E-state index contributed by atoms with van der Waals surface area (Å²) < 4.78 is 1.09. The number of nitrogens with one attached hydrogen (secondary N) is 1. The highest BCUT2D eigenvalue weighted by molar-refractivity contribution is 9.10. The third kappa shape index (κ3) is 3.68. The molecule has 102 valence electrons. The maximum absolute atomic E-state index is 9.64. The Hall–Kier alpha value is -0.130. The van der Waals surface area contributed by atoms with Crippen molar-refractivity contribution in [2.75, 3.05) is 32.8 Å². The van der Waals surface area contributed by atoms with Gasteiger partial charge in [0.2, 0.25) is 0 Å². The van der Waals surface area contributed by atoms with Gasteiger partial charge >= 0.3 is 0 Å². The van der Waals surface area contributed by atoms with Crippen molar-refractivity contribution < 1.29 is 5.11 Å². The fourth-order valence-electron chi connectivity index (χ4n) is 2.31. The molecular weight excluding hydrogens is 316 g/mol. The second-order valence-electron chi connectivity index (χ2n) is 4.51. The van der Waals surface area contributed by atoms with Gasteiger partial charge in [-0.2, -0.15) is 0 Å². The van der Waals surface area contributed by atoms with Crippen molar-refractivity contribution in [2.45, 2.75) is 13.0 Å². The van der Waals surface area contributed by atoms with E-state index in [1.807, 2.05) is 0 Å². The topological polar surface area (TPSA) is 35.5 Å². The highest BCUT2D eigenvalue weighted by atomic mass is 79.9. The standard InChI is InChI=1S/C13H19BrN2O.ClH/c1-10-2-3-11(12(14)8-10)13(9-17)16-6-4-15-5-7-16;/h2-3,8,13,15,17H,4-7,9H2,1H3;1H/t13-;/m0./s1. The van der Waals surface area contributed by atoms with Crippen LogP contribution in [0.1, 0.15) is 17.2 Å². The molecule has 1 aromatic carbocycles. The first kappa shape index (κ1) is 15.9. The first-order chi connectivity index (χ1) is 8.22. The number of nitrogens with zero attached hydrogens (tertiary/aromatic N) is 1. The van der Waals surface area contributed by atoms with E-state index in [0.29, 0.717) is 0 Å². The lowest BCUT2D eigenvalue weighted by molar-refractivity contribution is 0.110. The third-order valence-electron chi connectivity index (χ3n) is 3.28. The van der Waals surface area contributed by atoms with Crippen LogP contribution in [0.25, 0.3) is 0 Å². The second kappa shape index (κ2) is 7.46. The molecule has 1 aromatic rings. The Morgan fingerprint density at radius 1 is 1.39 bits per heavy atom. The van der Waals surface area contributed by atoms with Gasteiger partial charge in [-0.3, -0.25) is 4.90 Å². The number of piperazine rings is 1. The molecular formula is C13H20BrClN2O. The van der Waals surface area contributed by atoms with E-state index in [9.17, 15) is 5.11 Å². The van der Waals surface area contributed by atoms with E-state index >= 15 is 0 Å². The van der Waals surface area contributed by atoms with Gasteiger partial charge in [-0.15, -0.1) is 12.4 Å². The summed E-state index contributed by atoms with van der Waals surface area (Å²) in [5, 5.41) is 13.0. The molecule has 2 rings (SSSR count). The monoisotopic (exact) mass is 334 g/mol. The lowest BCUT2D eigenvalue weighted by Crippen LogP contribution is -2.46. The van der Waals surface area contributed by atoms with E-state index in [4.69, 9.17) is 0 Å². The molecule has 0 saturated carbocycles. The summed E-state index contributed by atoms with van der Waals surface area (Å²) in [4.78, 5) is 2.34. The van der Waals surface area contributed by atoms with Crippen LogP contribution in [0.3, 0.4) is 0 Å². The molecule has 0 radical (unpaired) electrons. The van der Waals surface area contributed by atoms with Crippen LogP contribution in [0.4, 0.5) is 0 Å². The average molecular weight is 336 g/mol. The van der Waals surface area contributed by atoms with Crippen molar-refractivity contribution in [3.05, 3.63) is 33.8 Å². The summed E-state index contributed by atoms with van der Waals surface area (Å²) >= 11 is 3.60. The molecule has 1 saturated heterocycles. The molecule has 3 nitrogen and oxygen atoms in total. The molecule has 1 aliphatic rings. The first-order valence-corrected chi connectivity index (χ1v) is 6.83. The van der Waals surface area contributed by atoms with Crippen LogP contribution in [0.2, 0.25) is 0 Å². The molecule has 1 fully saturated rings. The van der Waals surface area contributed by atoms with Crippen molar-refractivity contribution in [3.8, 4) is 0 Å². The number of hydrogen-bond donors (Lipinski definition) is 2. The highest BCUT2D eigenvalue weighted by Gasteiger charge is 2.22. The molecule has 1 aliphatic heterocycles. The van der Waals surface area contributed by atoms with Crippen molar-refractivity contribution >= 4 is 28.3 Å². The third-order valence-corrected chi connectivity index (χ3v) is 3.97. The van der Waals surface area contributed by atoms with E-state index in [1.54, 1.807) is 0 Å². The van der Waals surface area contributed by atoms with Gasteiger partial charge in [0.25, 0.3) is 0 Å². The van der Waals surface area contributed by atoms with Crippen LogP contribution >= 0.6 is 28.3 Å². The van der Waals surface area contributed by atoms with Crippen molar-refractivity contribution in [3.63, 3.8) is 0 Å². The maximum atomic E-state index is 9.64.